The van der Waals surface area contributed by atoms with E-state index in [-0.39, 0.29) is 10.6 Å². The highest BCUT2D eigenvalue weighted by atomic mass is 79.9. The third kappa shape index (κ3) is 2.61. The van der Waals surface area contributed by atoms with Gasteiger partial charge in [0.05, 0.1) is 11.4 Å². The lowest BCUT2D eigenvalue weighted by Gasteiger charge is -2.16. The highest BCUT2D eigenvalue weighted by molar-refractivity contribution is 9.10. The third-order valence-corrected chi connectivity index (χ3v) is 5.06. The molecular weight excluding hydrogens is 410 g/mol. The third-order valence-electron chi connectivity index (χ3n) is 3.29. The number of ether oxygens (including phenoxy) is 1. The average Bonchev–Trinajstić information content (AvgIpc) is 2.85. The summed E-state index contributed by atoms with van der Waals surface area (Å²) in [6.07, 6.45) is 0.901. The molecule has 1 unspecified atom stereocenters. The van der Waals surface area contributed by atoms with Crippen LogP contribution in [0.3, 0.4) is 0 Å². The standard InChI is InChI=1S/C15H10Br2ClFO/c16-9-5-8-3-4-20-15(8)12(6-9)14(17)11-2-1-10(19)7-13(11)18/h1-2,5-7,14H,3-4H2. The van der Waals surface area contributed by atoms with E-state index in [1.165, 1.54) is 17.7 Å². The zero-order valence-corrected chi connectivity index (χ0v) is 14.2. The minimum atomic E-state index is -0.339. The normalized spacial score (nSPS) is 14.8. The molecule has 0 bridgehead atoms. The van der Waals surface area contributed by atoms with Gasteiger partial charge in [0, 0.05) is 21.5 Å². The molecule has 1 atom stereocenters. The summed E-state index contributed by atoms with van der Waals surface area (Å²) in [6, 6.07) is 8.50. The summed E-state index contributed by atoms with van der Waals surface area (Å²) in [5.74, 6) is 0.560. The van der Waals surface area contributed by atoms with Crippen LogP contribution in [0, 0.1) is 5.82 Å². The van der Waals surface area contributed by atoms with Crippen LogP contribution in [-0.4, -0.2) is 6.61 Å². The molecule has 1 nitrogen and oxygen atoms in total. The first-order chi connectivity index (χ1) is 9.56. The molecule has 0 fully saturated rings. The molecule has 0 radical (unpaired) electrons. The lowest BCUT2D eigenvalue weighted by atomic mass is 10.0. The topological polar surface area (TPSA) is 9.23 Å². The van der Waals surface area contributed by atoms with Crippen molar-refractivity contribution < 1.29 is 9.13 Å². The van der Waals surface area contributed by atoms with Crippen LogP contribution in [0.5, 0.6) is 5.75 Å². The van der Waals surface area contributed by atoms with E-state index in [1.807, 2.05) is 6.07 Å². The molecule has 0 N–H and O–H groups in total. The summed E-state index contributed by atoms with van der Waals surface area (Å²) in [5, 5.41) is 0.401. The number of alkyl halides is 1. The Labute approximate surface area is 138 Å². The molecule has 1 heterocycles. The number of rotatable bonds is 2. The molecule has 104 valence electrons. The van der Waals surface area contributed by atoms with Crippen molar-refractivity contribution in [3.63, 3.8) is 0 Å². The van der Waals surface area contributed by atoms with Crippen molar-refractivity contribution in [1.29, 1.82) is 0 Å². The van der Waals surface area contributed by atoms with Crippen molar-refractivity contribution in [2.24, 2.45) is 0 Å². The Morgan fingerprint density at radius 3 is 2.75 bits per heavy atom. The van der Waals surface area contributed by atoms with Crippen LogP contribution in [0.2, 0.25) is 5.02 Å². The Morgan fingerprint density at radius 2 is 2.00 bits per heavy atom. The molecule has 0 saturated carbocycles. The summed E-state index contributed by atoms with van der Waals surface area (Å²) < 4.78 is 19.9. The monoisotopic (exact) mass is 418 g/mol. The zero-order valence-electron chi connectivity index (χ0n) is 10.3. The lowest BCUT2D eigenvalue weighted by Crippen LogP contribution is -1.98. The van der Waals surface area contributed by atoms with Gasteiger partial charge >= 0.3 is 0 Å². The smallest absolute Gasteiger partial charge is 0.127 e. The van der Waals surface area contributed by atoms with Gasteiger partial charge in [0.1, 0.15) is 11.6 Å². The molecule has 20 heavy (non-hydrogen) atoms. The Morgan fingerprint density at radius 1 is 1.20 bits per heavy atom. The van der Waals surface area contributed by atoms with Crippen LogP contribution in [0.25, 0.3) is 0 Å². The summed E-state index contributed by atoms with van der Waals surface area (Å²) in [4.78, 5) is -0.139. The van der Waals surface area contributed by atoms with E-state index >= 15 is 0 Å². The van der Waals surface area contributed by atoms with E-state index in [4.69, 9.17) is 16.3 Å². The van der Waals surface area contributed by atoms with Crippen molar-refractivity contribution >= 4 is 43.5 Å². The van der Waals surface area contributed by atoms with Gasteiger partial charge < -0.3 is 4.74 Å². The number of halogens is 4. The molecule has 2 aromatic carbocycles. The highest BCUT2D eigenvalue weighted by Gasteiger charge is 2.24. The Kier molecular flexibility index (Phi) is 4.07. The first kappa shape index (κ1) is 14.4. The van der Waals surface area contributed by atoms with Crippen molar-refractivity contribution in [3.05, 3.63) is 62.3 Å². The molecule has 1 aliphatic heterocycles. The molecule has 5 heteroatoms. The van der Waals surface area contributed by atoms with Crippen molar-refractivity contribution in [2.75, 3.05) is 6.61 Å². The highest BCUT2D eigenvalue weighted by Crippen LogP contribution is 2.44. The van der Waals surface area contributed by atoms with Crippen molar-refractivity contribution in [2.45, 2.75) is 11.2 Å². The predicted octanol–water partition coefficient (Wildman–Crippen LogP) is 5.66. The SMILES string of the molecule is Fc1ccc(C(Br)c2cc(Br)cc3c2OCC3)c(Cl)c1. The summed E-state index contributed by atoms with van der Waals surface area (Å²) in [6.45, 7) is 0.690. The first-order valence-electron chi connectivity index (χ1n) is 6.10. The first-order valence-corrected chi connectivity index (χ1v) is 8.19. The minimum absolute atomic E-state index is 0.139. The van der Waals surface area contributed by atoms with Gasteiger partial charge in [0.15, 0.2) is 0 Å². The van der Waals surface area contributed by atoms with Crippen LogP contribution in [0.15, 0.2) is 34.8 Å². The van der Waals surface area contributed by atoms with E-state index in [1.54, 1.807) is 6.07 Å². The quantitative estimate of drug-likeness (QED) is 0.570. The van der Waals surface area contributed by atoms with E-state index in [0.29, 0.717) is 11.6 Å². The van der Waals surface area contributed by atoms with E-state index in [0.717, 1.165) is 27.8 Å². The molecule has 1 aliphatic rings. The van der Waals surface area contributed by atoms with Crippen LogP contribution in [-0.2, 0) is 6.42 Å². The van der Waals surface area contributed by atoms with Gasteiger partial charge in [-0.05, 0) is 35.4 Å². The Bertz CT molecular complexity index is 675. The number of hydrogen-bond donors (Lipinski definition) is 0. The fourth-order valence-corrected chi connectivity index (χ4v) is 4.03. The second kappa shape index (κ2) is 5.66. The average molecular weight is 421 g/mol. The fourth-order valence-electron chi connectivity index (χ4n) is 2.36. The van der Waals surface area contributed by atoms with Gasteiger partial charge in [-0.2, -0.15) is 0 Å². The molecule has 3 rings (SSSR count). The van der Waals surface area contributed by atoms with Gasteiger partial charge in [-0.25, -0.2) is 4.39 Å². The molecular formula is C15H10Br2ClFO. The zero-order chi connectivity index (χ0) is 14.3. The number of benzene rings is 2. The van der Waals surface area contributed by atoms with Crippen LogP contribution < -0.4 is 4.74 Å². The Balaban J connectivity index is 2.09. The summed E-state index contributed by atoms with van der Waals surface area (Å²) in [5.41, 5.74) is 3.00. The second-order valence-corrected chi connectivity index (χ2v) is 6.85. The van der Waals surface area contributed by atoms with Crippen molar-refractivity contribution in [3.8, 4) is 5.75 Å². The lowest BCUT2D eigenvalue weighted by molar-refractivity contribution is 0.354. The van der Waals surface area contributed by atoms with Gasteiger partial charge in [-0.3, -0.25) is 0 Å². The summed E-state index contributed by atoms with van der Waals surface area (Å²) >= 11 is 13.3. The van der Waals surface area contributed by atoms with Gasteiger partial charge in [0.2, 0.25) is 0 Å². The van der Waals surface area contributed by atoms with Gasteiger partial charge in [-0.15, -0.1) is 0 Å². The molecule has 0 spiro atoms. The molecule has 0 saturated heterocycles. The molecule has 0 aromatic heterocycles. The molecule has 0 aliphatic carbocycles. The maximum Gasteiger partial charge on any atom is 0.127 e. The second-order valence-electron chi connectivity index (χ2n) is 4.61. The van der Waals surface area contributed by atoms with E-state index < -0.39 is 0 Å². The maximum absolute atomic E-state index is 13.2. The van der Waals surface area contributed by atoms with Crippen LogP contribution in [0.1, 0.15) is 21.5 Å². The largest absolute Gasteiger partial charge is 0.493 e. The maximum atomic E-state index is 13.2. The fraction of sp³-hybridized carbons (Fsp3) is 0.200. The predicted molar refractivity (Wildman–Crippen MR) is 85.5 cm³/mol. The van der Waals surface area contributed by atoms with Crippen LogP contribution in [0.4, 0.5) is 4.39 Å². The van der Waals surface area contributed by atoms with E-state index in [2.05, 4.69) is 37.9 Å². The molecule has 2 aromatic rings. The van der Waals surface area contributed by atoms with Crippen LogP contribution >= 0.6 is 43.5 Å². The number of hydrogen-bond acceptors (Lipinski definition) is 1. The minimum Gasteiger partial charge on any atom is -0.493 e. The number of fused-ring (bicyclic) bond motifs is 1. The van der Waals surface area contributed by atoms with Crippen molar-refractivity contribution in [1.82, 2.24) is 0 Å². The van der Waals surface area contributed by atoms with Gasteiger partial charge in [-0.1, -0.05) is 49.5 Å². The van der Waals surface area contributed by atoms with Gasteiger partial charge in [0.25, 0.3) is 0 Å². The Hall–Kier alpha value is -0.580. The molecule has 0 amide bonds. The van der Waals surface area contributed by atoms with E-state index in [9.17, 15) is 4.39 Å². The summed E-state index contributed by atoms with van der Waals surface area (Å²) in [7, 11) is 0.